The Morgan fingerprint density at radius 3 is 2.86 bits per heavy atom. The topological polar surface area (TPSA) is 39.2 Å². The number of hydrogen-bond acceptors (Lipinski definition) is 4. The number of esters is 1. The highest BCUT2D eigenvalue weighted by atomic mass is 32.2. The number of carbonyl (C=O) groups excluding carboxylic acids is 1. The lowest BCUT2D eigenvalue weighted by Crippen LogP contribution is -2.12. The largest absolute Gasteiger partial charge is 0.459 e. The van der Waals surface area contributed by atoms with Crippen LogP contribution in [0, 0.1) is 0 Å². The molecule has 0 radical (unpaired) electrons. The van der Waals surface area contributed by atoms with Gasteiger partial charge in [-0.05, 0) is 32.2 Å². The van der Waals surface area contributed by atoms with Gasteiger partial charge in [-0.25, -0.2) is 9.78 Å². The van der Waals surface area contributed by atoms with Crippen molar-refractivity contribution in [3.63, 3.8) is 0 Å². The molecular formula is C10H13NO2S. The fraction of sp³-hybridized carbons (Fsp3) is 0.400. The van der Waals surface area contributed by atoms with E-state index in [0.29, 0.717) is 10.6 Å². The van der Waals surface area contributed by atoms with E-state index in [1.54, 1.807) is 18.3 Å². The lowest BCUT2D eigenvalue weighted by Gasteiger charge is -2.09. The SMILES string of the molecule is CSc1ncccc1C(=O)OC(C)C. The maximum Gasteiger partial charge on any atom is 0.341 e. The van der Waals surface area contributed by atoms with Crippen LogP contribution >= 0.6 is 11.8 Å². The Balaban J connectivity index is 2.88. The molecule has 14 heavy (non-hydrogen) atoms. The zero-order valence-corrected chi connectivity index (χ0v) is 9.30. The van der Waals surface area contributed by atoms with E-state index in [9.17, 15) is 4.79 Å². The number of aromatic nitrogens is 1. The number of thioether (sulfide) groups is 1. The number of ether oxygens (including phenoxy) is 1. The molecule has 1 rings (SSSR count). The zero-order chi connectivity index (χ0) is 10.6. The van der Waals surface area contributed by atoms with E-state index >= 15 is 0 Å². The molecule has 0 saturated carbocycles. The maximum atomic E-state index is 11.6. The molecule has 0 atom stereocenters. The highest BCUT2D eigenvalue weighted by Crippen LogP contribution is 2.17. The van der Waals surface area contributed by atoms with Gasteiger partial charge in [0.25, 0.3) is 0 Å². The summed E-state index contributed by atoms with van der Waals surface area (Å²) >= 11 is 1.44. The summed E-state index contributed by atoms with van der Waals surface area (Å²) in [6.45, 7) is 3.65. The molecule has 0 aliphatic carbocycles. The van der Waals surface area contributed by atoms with Gasteiger partial charge in [-0.15, -0.1) is 11.8 Å². The van der Waals surface area contributed by atoms with E-state index in [2.05, 4.69) is 4.98 Å². The first-order chi connectivity index (χ1) is 6.65. The van der Waals surface area contributed by atoms with Crippen LogP contribution in [-0.2, 0) is 4.74 Å². The van der Waals surface area contributed by atoms with Gasteiger partial charge in [-0.1, -0.05) is 0 Å². The second-order valence-electron chi connectivity index (χ2n) is 3.01. The van der Waals surface area contributed by atoms with Crippen LogP contribution in [0.3, 0.4) is 0 Å². The van der Waals surface area contributed by atoms with Crippen LogP contribution in [0.4, 0.5) is 0 Å². The Labute approximate surface area is 87.9 Å². The molecule has 0 aromatic carbocycles. The van der Waals surface area contributed by atoms with Crippen LogP contribution in [-0.4, -0.2) is 23.3 Å². The van der Waals surface area contributed by atoms with Gasteiger partial charge in [-0.2, -0.15) is 0 Å². The molecule has 0 spiro atoms. The van der Waals surface area contributed by atoms with Crippen molar-refractivity contribution in [2.45, 2.75) is 25.0 Å². The lowest BCUT2D eigenvalue weighted by atomic mass is 10.3. The average molecular weight is 211 g/mol. The monoisotopic (exact) mass is 211 g/mol. The zero-order valence-electron chi connectivity index (χ0n) is 8.48. The number of carbonyl (C=O) groups is 1. The molecule has 0 unspecified atom stereocenters. The molecule has 1 aromatic rings. The maximum absolute atomic E-state index is 11.6. The minimum absolute atomic E-state index is 0.0996. The van der Waals surface area contributed by atoms with Crippen molar-refractivity contribution >= 4 is 17.7 Å². The summed E-state index contributed by atoms with van der Waals surface area (Å²) in [7, 11) is 0. The molecule has 0 aliphatic rings. The van der Waals surface area contributed by atoms with Crippen molar-refractivity contribution in [1.82, 2.24) is 4.98 Å². The van der Waals surface area contributed by atoms with Gasteiger partial charge in [0.05, 0.1) is 11.7 Å². The molecule has 0 aliphatic heterocycles. The van der Waals surface area contributed by atoms with Gasteiger partial charge in [0.1, 0.15) is 5.03 Å². The summed E-state index contributed by atoms with van der Waals surface area (Å²) in [6.07, 6.45) is 3.45. The number of hydrogen-bond donors (Lipinski definition) is 0. The van der Waals surface area contributed by atoms with Gasteiger partial charge in [0, 0.05) is 6.20 Å². The van der Waals surface area contributed by atoms with E-state index in [0.717, 1.165) is 0 Å². The molecule has 0 amide bonds. The van der Waals surface area contributed by atoms with Crippen LogP contribution < -0.4 is 0 Å². The summed E-state index contributed by atoms with van der Waals surface area (Å²) in [5, 5.41) is 0.707. The third-order valence-corrected chi connectivity index (χ3v) is 2.24. The minimum atomic E-state index is -0.308. The van der Waals surface area contributed by atoms with Crippen molar-refractivity contribution in [2.24, 2.45) is 0 Å². The first-order valence-electron chi connectivity index (χ1n) is 4.35. The standard InChI is InChI=1S/C10H13NO2S/c1-7(2)13-10(12)8-5-4-6-11-9(8)14-3/h4-7H,1-3H3. The normalized spacial score (nSPS) is 10.3. The highest BCUT2D eigenvalue weighted by Gasteiger charge is 2.13. The molecule has 3 nitrogen and oxygen atoms in total. The molecule has 1 aromatic heterocycles. The molecule has 4 heteroatoms. The van der Waals surface area contributed by atoms with Gasteiger partial charge in [0.15, 0.2) is 0 Å². The van der Waals surface area contributed by atoms with Crippen molar-refractivity contribution < 1.29 is 9.53 Å². The Hall–Kier alpha value is -1.03. The smallest absolute Gasteiger partial charge is 0.341 e. The van der Waals surface area contributed by atoms with Crippen LogP contribution in [0.25, 0.3) is 0 Å². The van der Waals surface area contributed by atoms with Gasteiger partial charge in [0.2, 0.25) is 0 Å². The summed E-state index contributed by atoms with van der Waals surface area (Å²) < 4.78 is 5.09. The summed E-state index contributed by atoms with van der Waals surface area (Å²) in [4.78, 5) is 15.6. The quantitative estimate of drug-likeness (QED) is 0.568. The van der Waals surface area contributed by atoms with Crippen LogP contribution in [0.1, 0.15) is 24.2 Å². The van der Waals surface area contributed by atoms with E-state index in [-0.39, 0.29) is 12.1 Å². The van der Waals surface area contributed by atoms with Crippen molar-refractivity contribution in [2.75, 3.05) is 6.26 Å². The molecule has 0 N–H and O–H groups in total. The highest BCUT2D eigenvalue weighted by molar-refractivity contribution is 7.98. The van der Waals surface area contributed by atoms with Gasteiger partial charge < -0.3 is 4.74 Å². The van der Waals surface area contributed by atoms with Gasteiger partial charge in [-0.3, -0.25) is 0 Å². The molecular weight excluding hydrogens is 198 g/mol. The fourth-order valence-corrected chi connectivity index (χ4v) is 1.52. The average Bonchev–Trinajstić information content (AvgIpc) is 2.16. The minimum Gasteiger partial charge on any atom is -0.459 e. The first kappa shape index (κ1) is 11.0. The predicted octanol–water partition coefficient (Wildman–Crippen LogP) is 2.37. The third-order valence-electron chi connectivity index (χ3n) is 1.53. The summed E-state index contributed by atoms with van der Waals surface area (Å²) in [6, 6.07) is 3.46. The van der Waals surface area contributed by atoms with E-state index in [1.165, 1.54) is 11.8 Å². The van der Waals surface area contributed by atoms with Crippen molar-refractivity contribution in [1.29, 1.82) is 0 Å². The lowest BCUT2D eigenvalue weighted by molar-refractivity contribution is 0.0373. The van der Waals surface area contributed by atoms with Crippen LogP contribution in [0.15, 0.2) is 23.4 Å². The predicted molar refractivity (Wildman–Crippen MR) is 56.6 cm³/mol. The summed E-state index contributed by atoms with van der Waals surface area (Å²) in [5.74, 6) is -0.308. The van der Waals surface area contributed by atoms with E-state index < -0.39 is 0 Å². The second kappa shape index (κ2) is 5.00. The fourth-order valence-electron chi connectivity index (χ4n) is 0.986. The van der Waals surface area contributed by atoms with E-state index in [4.69, 9.17) is 4.74 Å². The molecule has 0 bridgehead atoms. The number of rotatable bonds is 3. The Kier molecular flexibility index (Phi) is 3.95. The van der Waals surface area contributed by atoms with Crippen LogP contribution in [0.5, 0.6) is 0 Å². The third kappa shape index (κ3) is 2.73. The first-order valence-corrected chi connectivity index (χ1v) is 5.57. The number of pyridine rings is 1. The van der Waals surface area contributed by atoms with Crippen LogP contribution in [0.2, 0.25) is 0 Å². The second-order valence-corrected chi connectivity index (χ2v) is 3.81. The van der Waals surface area contributed by atoms with Crippen molar-refractivity contribution in [3.05, 3.63) is 23.9 Å². The molecule has 0 fully saturated rings. The molecule has 0 saturated heterocycles. The Morgan fingerprint density at radius 1 is 1.57 bits per heavy atom. The molecule has 1 heterocycles. The van der Waals surface area contributed by atoms with E-state index in [1.807, 2.05) is 20.1 Å². The Bertz CT molecular complexity index is 326. The molecule has 76 valence electrons. The summed E-state index contributed by atoms with van der Waals surface area (Å²) in [5.41, 5.74) is 0.536. The number of nitrogens with zero attached hydrogens (tertiary/aromatic N) is 1. The van der Waals surface area contributed by atoms with Crippen molar-refractivity contribution in [3.8, 4) is 0 Å². The Morgan fingerprint density at radius 2 is 2.29 bits per heavy atom. The van der Waals surface area contributed by atoms with Gasteiger partial charge >= 0.3 is 5.97 Å².